The summed E-state index contributed by atoms with van der Waals surface area (Å²) in [6.45, 7) is 4.00. The van der Waals surface area contributed by atoms with Gasteiger partial charge in [-0.3, -0.25) is 0 Å². The van der Waals surface area contributed by atoms with Crippen molar-refractivity contribution >= 4 is 0 Å². The predicted octanol–water partition coefficient (Wildman–Crippen LogP) is 1.46. The molecule has 0 aliphatic heterocycles. The molecule has 0 saturated heterocycles. The first-order valence-electron chi connectivity index (χ1n) is 6.25. The molecule has 0 aliphatic rings. The van der Waals surface area contributed by atoms with Crippen molar-refractivity contribution in [1.29, 1.82) is 0 Å². The molecule has 0 heterocycles. The molecule has 1 rings (SSSR count). The standard InChI is InChI=1S/C14H24N2O2/c1-11(18-3)9-16-14(8-15)13-6-4-5-12(7-13)10-17-2/h4-7,11,14,16H,8-10,15H2,1-3H3. The lowest BCUT2D eigenvalue weighted by molar-refractivity contribution is 0.114. The highest BCUT2D eigenvalue weighted by Crippen LogP contribution is 2.14. The van der Waals surface area contributed by atoms with Gasteiger partial charge in [0.15, 0.2) is 0 Å². The molecule has 0 aliphatic carbocycles. The van der Waals surface area contributed by atoms with Gasteiger partial charge in [0, 0.05) is 33.4 Å². The summed E-state index contributed by atoms with van der Waals surface area (Å²) >= 11 is 0. The van der Waals surface area contributed by atoms with E-state index in [1.165, 1.54) is 5.56 Å². The van der Waals surface area contributed by atoms with Gasteiger partial charge in [0.25, 0.3) is 0 Å². The van der Waals surface area contributed by atoms with Crippen LogP contribution in [0.3, 0.4) is 0 Å². The van der Waals surface area contributed by atoms with E-state index in [9.17, 15) is 0 Å². The summed E-state index contributed by atoms with van der Waals surface area (Å²) in [6.07, 6.45) is 0.182. The van der Waals surface area contributed by atoms with Gasteiger partial charge in [0.1, 0.15) is 0 Å². The normalized spacial score (nSPS) is 14.4. The van der Waals surface area contributed by atoms with E-state index >= 15 is 0 Å². The average molecular weight is 252 g/mol. The van der Waals surface area contributed by atoms with Gasteiger partial charge in [0.2, 0.25) is 0 Å². The molecule has 0 aromatic heterocycles. The Morgan fingerprint density at radius 1 is 1.33 bits per heavy atom. The fourth-order valence-corrected chi connectivity index (χ4v) is 1.80. The fraction of sp³-hybridized carbons (Fsp3) is 0.571. The summed E-state index contributed by atoms with van der Waals surface area (Å²) in [7, 11) is 3.41. The number of ether oxygens (including phenoxy) is 2. The maximum absolute atomic E-state index is 5.82. The molecule has 4 nitrogen and oxygen atoms in total. The van der Waals surface area contributed by atoms with Gasteiger partial charge in [-0.15, -0.1) is 0 Å². The monoisotopic (exact) mass is 252 g/mol. The first-order valence-corrected chi connectivity index (χ1v) is 6.25. The minimum absolute atomic E-state index is 0.152. The molecule has 18 heavy (non-hydrogen) atoms. The van der Waals surface area contributed by atoms with Crippen molar-refractivity contribution < 1.29 is 9.47 Å². The fourth-order valence-electron chi connectivity index (χ4n) is 1.80. The zero-order chi connectivity index (χ0) is 13.4. The molecule has 102 valence electrons. The van der Waals surface area contributed by atoms with Gasteiger partial charge in [-0.1, -0.05) is 24.3 Å². The van der Waals surface area contributed by atoms with Crippen molar-refractivity contribution in [3.8, 4) is 0 Å². The van der Waals surface area contributed by atoms with E-state index in [4.69, 9.17) is 15.2 Å². The molecule has 4 heteroatoms. The molecule has 2 atom stereocenters. The lowest BCUT2D eigenvalue weighted by Gasteiger charge is -2.20. The molecule has 2 unspecified atom stereocenters. The topological polar surface area (TPSA) is 56.5 Å². The molecule has 0 radical (unpaired) electrons. The Morgan fingerprint density at radius 2 is 2.11 bits per heavy atom. The van der Waals surface area contributed by atoms with E-state index in [2.05, 4.69) is 23.5 Å². The molecular formula is C14H24N2O2. The first kappa shape index (κ1) is 15.1. The predicted molar refractivity (Wildman–Crippen MR) is 73.4 cm³/mol. The van der Waals surface area contributed by atoms with Crippen LogP contribution in [0.1, 0.15) is 24.1 Å². The van der Waals surface area contributed by atoms with Crippen molar-refractivity contribution in [2.75, 3.05) is 27.3 Å². The molecule has 0 saturated carbocycles. The van der Waals surface area contributed by atoms with Crippen molar-refractivity contribution in [2.45, 2.75) is 25.7 Å². The molecule has 0 spiro atoms. The van der Waals surface area contributed by atoms with Crippen LogP contribution in [0.25, 0.3) is 0 Å². The highest BCUT2D eigenvalue weighted by molar-refractivity contribution is 5.26. The van der Waals surface area contributed by atoms with Crippen LogP contribution in [-0.2, 0) is 16.1 Å². The maximum Gasteiger partial charge on any atom is 0.0713 e. The van der Waals surface area contributed by atoms with Gasteiger partial charge in [-0.25, -0.2) is 0 Å². The van der Waals surface area contributed by atoms with Crippen LogP contribution >= 0.6 is 0 Å². The van der Waals surface area contributed by atoms with Crippen molar-refractivity contribution in [3.05, 3.63) is 35.4 Å². The lowest BCUT2D eigenvalue weighted by Crippen LogP contribution is -2.34. The highest BCUT2D eigenvalue weighted by Gasteiger charge is 2.11. The van der Waals surface area contributed by atoms with E-state index < -0.39 is 0 Å². The minimum Gasteiger partial charge on any atom is -0.380 e. The number of nitrogens with one attached hydrogen (secondary N) is 1. The highest BCUT2D eigenvalue weighted by atomic mass is 16.5. The molecule has 0 fully saturated rings. The number of nitrogens with two attached hydrogens (primary N) is 1. The van der Waals surface area contributed by atoms with Gasteiger partial charge < -0.3 is 20.5 Å². The molecule has 1 aromatic carbocycles. The van der Waals surface area contributed by atoms with Crippen LogP contribution in [0.4, 0.5) is 0 Å². The molecular weight excluding hydrogens is 228 g/mol. The second-order valence-corrected chi connectivity index (χ2v) is 4.42. The summed E-state index contributed by atoms with van der Waals surface area (Å²) in [5, 5.41) is 3.41. The quantitative estimate of drug-likeness (QED) is 0.735. The minimum atomic E-state index is 0.152. The lowest BCUT2D eigenvalue weighted by atomic mass is 10.0. The summed E-state index contributed by atoms with van der Waals surface area (Å²) in [4.78, 5) is 0. The van der Waals surface area contributed by atoms with Crippen LogP contribution in [0, 0.1) is 0 Å². The van der Waals surface area contributed by atoms with Crippen LogP contribution < -0.4 is 11.1 Å². The van der Waals surface area contributed by atoms with Crippen LogP contribution in [0.2, 0.25) is 0 Å². The molecule has 3 N–H and O–H groups in total. The summed E-state index contributed by atoms with van der Waals surface area (Å²) in [6, 6.07) is 8.46. The smallest absolute Gasteiger partial charge is 0.0713 e. The number of methoxy groups -OCH3 is 2. The third kappa shape index (κ3) is 4.74. The average Bonchev–Trinajstić information content (AvgIpc) is 2.40. The largest absolute Gasteiger partial charge is 0.380 e. The van der Waals surface area contributed by atoms with E-state index in [-0.39, 0.29) is 12.1 Å². The Balaban J connectivity index is 2.66. The zero-order valence-corrected chi connectivity index (χ0v) is 11.5. The number of benzene rings is 1. The summed E-state index contributed by atoms with van der Waals surface area (Å²) < 4.78 is 10.4. The van der Waals surface area contributed by atoms with Crippen molar-refractivity contribution in [1.82, 2.24) is 5.32 Å². The van der Waals surface area contributed by atoms with E-state index in [1.54, 1.807) is 14.2 Å². The third-order valence-electron chi connectivity index (χ3n) is 2.95. The second kappa shape index (κ2) is 8.21. The van der Waals surface area contributed by atoms with Gasteiger partial charge >= 0.3 is 0 Å². The molecule has 0 bridgehead atoms. The van der Waals surface area contributed by atoms with Crippen molar-refractivity contribution in [3.63, 3.8) is 0 Å². The first-order chi connectivity index (χ1) is 8.71. The second-order valence-electron chi connectivity index (χ2n) is 4.42. The SMILES string of the molecule is COCc1cccc(C(CN)NCC(C)OC)c1. The number of hydrogen-bond donors (Lipinski definition) is 2. The van der Waals surface area contributed by atoms with Crippen molar-refractivity contribution in [2.24, 2.45) is 5.73 Å². The van der Waals surface area contributed by atoms with Gasteiger partial charge in [-0.2, -0.15) is 0 Å². The Morgan fingerprint density at radius 3 is 2.72 bits per heavy atom. The number of rotatable bonds is 8. The molecule has 1 aromatic rings. The van der Waals surface area contributed by atoms with E-state index in [0.717, 1.165) is 12.1 Å². The van der Waals surface area contributed by atoms with E-state index in [1.807, 2.05) is 13.0 Å². The third-order valence-corrected chi connectivity index (χ3v) is 2.95. The van der Waals surface area contributed by atoms with Gasteiger partial charge in [-0.05, 0) is 18.1 Å². The zero-order valence-electron chi connectivity index (χ0n) is 11.5. The summed E-state index contributed by atoms with van der Waals surface area (Å²) in [5.74, 6) is 0. The van der Waals surface area contributed by atoms with E-state index in [0.29, 0.717) is 13.2 Å². The van der Waals surface area contributed by atoms with Gasteiger partial charge in [0.05, 0.1) is 12.7 Å². The molecule has 0 amide bonds. The number of hydrogen-bond acceptors (Lipinski definition) is 4. The van der Waals surface area contributed by atoms with Crippen LogP contribution in [-0.4, -0.2) is 33.4 Å². The Bertz CT molecular complexity index is 344. The Hall–Kier alpha value is -0.940. The van der Waals surface area contributed by atoms with Crippen LogP contribution in [0.15, 0.2) is 24.3 Å². The van der Waals surface area contributed by atoms with Crippen LogP contribution in [0.5, 0.6) is 0 Å². The summed E-state index contributed by atoms with van der Waals surface area (Å²) in [5.41, 5.74) is 8.17. The Labute approximate surface area is 109 Å². The maximum atomic E-state index is 5.82. The Kier molecular flexibility index (Phi) is 6.90.